The van der Waals surface area contributed by atoms with Crippen LogP contribution < -0.4 is 4.74 Å². The first-order valence-electron chi connectivity index (χ1n) is 6.50. The van der Waals surface area contributed by atoms with Crippen molar-refractivity contribution >= 4 is 27.5 Å². The number of aryl methyl sites for hydroxylation is 1. The van der Waals surface area contributed by atoms with E-state index in [1.54, 1.807) is 0 Å². The molecule has 0 N–H and O–H groups in total. The van der Waals surface area contributed by atoms with E-state index in [9.17, 15) is 0 Å². The van der Waals surface area contributed by atoms with E-state index in [1.165, 1.54) is 0 Å². The van der Waals surface area contributed by atoms with Crippen LogP contribution in [0, 0.1) is 0 Å². The van der Waals surface area contributed by atoms with E-state index in [1.807, 2.05) is 45.0 Å². The van der Waals surface area contributed by atoms with Gasteiger partial charge in [0.05, 0.1) is 16.3 Å². The second-order valence-electron chi connectivity index (χ2n) is 4.65. The third kappa shape index (κ3) is 3.49. The predicted molar refractivity (Wildman–Crippen MR) is 85.3 cm³/mol. The minimum Gasteiger partial charge on any atom is -0.491 e. The molecule has 0 saturated heterocycles. The van der Waals surface area contributed by atoms with Crippen molar-refractivity contribution in [3.63, 3.8) is 0 Å². The Bertz CT molecular complexity index is 617. The smallest absolute Gasteiger partial charge is 0.161 e. The van der Waals surface area contributed by atoms with Crippen molar-refractivity contribution < 1.29 is 4.74 Å². The van der Waals surface area contributed by atoms with Gasteiger partial charge in [0, 0.05) is 5.56 Å². The summed E-state index contributed by atoms with van der Waals surface area (Å²) in [5.41, 5.74) is 1.79. The van der Waals surface area contributed by atoms with E-state index in [4.69, 9.17) is 16.3 Å². The highest BCUT2D eigenvalue weighted by Crippen LogP contribution is 2.28. The van der Waals surface area contributed by atoms with Gasteiger partial charge in [0.15, 0.2) is 5.82 Å². The van der Waals surface area contributed by atoms with Crippen molar-refractivity contribution in [2.75, 3.05) is 0 Å². The lowest BCUT2D eigenvalue weighted by Gasteiger charge is -2.11. The molecule has 0 spiro atoms. The number of benzene rings is 1. The van der Waals surface area contributed by atoms with Gasteiger partial charge in [-0.2, -0.15) is 0 Å². The molecule has 0 aliphatic carbocycles. The van der Waals surface area contributed by atoms with Gasteiger partial charge in [0.2, 0.25) is 0 Å². The molecule has 0 saturated carbocycles. The molecule has 0 fully saturated rings. The minimum atomic E-state index is 0.130. The molecular formula is C15H16BrClN2O. The number of halogens is 2. The van der Waals surface area contributed by atoms with Gasteiger partial charge in [-0.05, 0) is 48.3 Å². The number of aromatic nitrogens is 2. The molecule has 0 atom stereocenters. The molecule has 0 unspecified atom stereocenters. The van der Waals surface area contributed by atoms with Crippen LogP contribution in [-0.2, 0) is 6.42 Å². The van der Waals surface area contributed by atoms with Crippen molar-refractivity contribution in [2.45, 2.75) is 33.3 Å². The van der Waals surface area contributed by atoms with Crippen molar-refractivity contribution in [3.8, 4) is 17.1 Å². The summed E-state index contributed by atoms with van der Waals surface area (Å²) in [6, 6.07) is 7.73. The van der Waals surface area contributed by atoms with Gasteiger partial charge in [0.1, 0.15) is 10.9 Å². The Balaban J connectivity index is 2.43. The zero-order valence-corrected chi connectivity index (χ0v) is 14.0. The lowest BCUT2D eigenvalue weighted by Crippen LogP contribution is -2.05. The van der Waals surface area contributed by atoms with Gasteiger partial charge in [-0.25, -0.2) is 9.97 Å². The Morgan fingerprint density at radius 2 is 2.05 bits per heavy atom. The Morgan fingerprint density at radius 3 is 2.70 bits per heavy atom. The average molecular weight is 356 g/mol. The third-order valence-corrected chi connectivity index (χ3v) is 4.01. The zero-order chi connectivity index (χ0) is 14.7. The highest BCUT2D eigenvalue weighted by Gasteiger charge is 2.11. The summed E-state index contributed by atoms with van der Waals surface area (Å²) >= 11 is 9.56. The van der Waals surface area contributed by atoms with Crippen molar-refractivity contribution in [1.82, 2.24) is 9.97 Å². The topological polar surface area (TPSA) is 35.0 Å². The van der Waals surface area contributed by atoms with E-state index in [2.05, 4.69) is 25.9 Å². The second kappa shape index (κ2) is 6.55. The van der Waals surface area contributed by atoms with E-state index in [-0.39, 0.29) is 6.10 Å². The molecule has 1 aromatic carbocycles. The molecule has 2 aromatic rings. The number of ether oxygens (including phenoxy) is 1. The number of hydrogen-bond acceptors (Lipinski definition) is 3. The Hall–Kier alpha value is -1.13. The SMILES string of the molecule is CCc1nc(-c2cccc(OC(C)C)c2)nc(Cl)c1Br. The molecule has 2 rings (SSSR count). The molecule has 0 aliphatic heterocycles. The monoisotopic (exact) mass is 354 g/mol. The van der Waals surface area contributed by atoms with Gasteiger partial charge < -0.3 is 4.74 Å². The van der Waals surface area contributed by atoms with Crippen LogP contribution in [0.1, 0.15) is 26.5 Å². The quantitative estimate of drug-likeness (QED) is 0.731. The first-order chi connectivity index (χ1) is 9.51. The molecule has 106 valence electrons. The molecule has 20 heavy (non-hydrogen) atoms. The Labute approximate surface area is 132 Å². The minimum absolute atomic E-state index is 0.130. The zero-order valence-electron chi connectivity index (χ0n) is 11.7. The van der Waals surface area contributed by atoms with Crippen molar-refractivity contribution in [1.29, 1.82) is 0 Å². The molecule has 1 heterocycles. The maximum absolute atomic E-state index is 6.14. The van der Waals surface area contributed by atoms with Crippen LogP contribution in [0.15, 0.2) is 28.7 Å². The Morgan fingerprint density at radius 1 is 1.30 bits per heavy atom. The summed E-state index contributed by atoms with van der Waals surface area (Å²) in [5, 5.41) is 0.432. The second-order valence-corrected chi connectivity index (χ2v) is 5.80. The van der Waals surface area contributed by atoms with Gasteiger partial charge in [-0.1, -0.05) is 30.7 Å². The van der Waals surface area contributed by atoms with Crippen molar-refractivity contribution in [3.05, 3.63) is 39.6 Å². The van der Waals surface area contributed by atoms with Crippen molar-refractivity contribution in [2.24, 2.45) is 0 Å². The van der Waals surface area contributed by atoms with Crippen LogP contribution in [0.25, 0.3) is 11.4 Å². The average Bonchev–Trinajstić information content (AvgIpc) is 2.41. The Kier molecular flexibility index (Phi) is 5.00. The molecular weight excluding hydrogens is 340 g/mol. The van der Waals surface area contributed by atoms with Gasteiger partial charge >= 0.3 is 0 Å². The van der Waals surface area contributed by atoms with Crippen LogP contribution >= 0.6 is 27.5 Å². The summed E-state index contributed by atoms with van der Waals surface area (Å²) in [5.74, 6) is 1.42. The van der Waals surface area contributed by atoms with Crippen LogP contribution in [0.5, 0.6) is 5.75 Å². The van der Waals surface area contributed by atoms with Crippen LogP contribution in [0.3, 0.4) is 0 Å². The fourth-order valence-corrected chi connectivity index (χ4v) is 2.45. The van der Waals surface area contributed by atoms with E-state index in [0.29, 0.717) is 11.0 Å². The standard InChI is InChI=1S/C15H16BrClN2O/c1-4-12-13(16)14(17)19-15(18-12)10-6-5-7-11(8-10)20-9(2)3/h5-9H,4H2,1-3H3. The number of hydrogen-bond donors (Lipinski definition) is 0. The third-order valence-electron chi connectivity index (χ3n) is 2.68. The number of rotatable bonds is 4. The normalized spacial score (nSPS) is 10.9. The van der Waals surface area contributed by atoms with Gasteiger partial charge in [0.25, 0.3) is 0 Å². The highest BCUT2D eigenvalue weighted by molar-refractivity contribution is 9.10. The van der Waals surface area contributed by atoms with E-state index >= 15 is 0 Å². The highest BCUT2D eigenvalue weighted by atomic mass is 79.9. The van der Waals surface area contributed by atoms with Gasteiger partial charge in [-0.3, -0.25) is 0 Å². The maximum atomic E-state index is 6.14. The molecule has 0 amide bonds. The fraction of sp³-hybridized carbons (Fsp3) is 0.333. The lowest BCUT2D eigenvalue weighted by atomic mass is 10.2. The first kappa shape index (κ1) is 15.3. The largest absolute Gasteiger partial charge is 0.491 e. The van der Waals surface area contributed by atoms with E-state index in [0.717, 1.165) is 27.9 Å². The molecule has 5 heteroatoms. The molecule has 0 radical (unpaired) electrons. The molecule has 3 nitrogen and oxygen atoms in total. The van der Waals surface area contributed by atoms with Crippen LogP contribution in [-0.4, -0.2) is 16.1 Å². The summed E-state index contributed by atoms with van der Waals surface area (Å²) in [6.45, 7) is 6.02. The van der Waals surface area contributed by atoms with Crippen LogP contribution in [0.2, 0.25) is 5.15 Å². The van der Waals surface area contributed by atoms with Crippen LogP contribution in [0.4, 0.5) is 0 Å². The first-order valence-corrected chi connectivity index (χ1v) is 7.67. The van der Waals surface area contributed by atoms with E-state index < -0.39 is 0 Å². The summed E-state index contributed by atoms with van der Waals surface area (Å²) < 4.78 is 6.45. The number of nitrogens with zero attached hydrogens (tertiary/aromatic N) is 2. The fourth-order valence-electron chi connectivity index (χ4n) is 1.81. The predicted octanol–water partition coefficient (Wildman–Crippen LogP) is 4.91. The molecule has 1 aromatic heterocycles. The molecule has 0 aliphatic rings. The lowest BCUT2D eigenvalue weighted by molar-refractivity contribution is 0.242. The summed E-state index contributed by atoms with van der Waals surface area (Å²) in [4.78, 5) is 8.87. The molecule has 0 bridgehead atoms. The summed E-state index contributed by atoms with van der Waals surface area (Å²) in [6.07, 6.45) is 0.920. The van der Waals surface area contributed by atoms with Gasteiger partial charge in [-0.15, -0.1) is 0 Å². The maximum Gasteiger partial charge on any atom is 0.161 e. The summed E-state index contributed by atoms with van der Waals surface area (Å²) in [7, 11) is 0.